The van der Waals surface area contributed by atoms with Crippen LogP contribution in [0.4, 0.5) is 0 Å². The molecule has 2 radical (unpaired) electrons. The zero-order valence-corrected chi connectivity index (χ0v) is 15.1. The number of hydrogen-bond acceptors (Lipinski definition) is 0. The van der Waals surface area contributed by atoms with Crippen LogP contribution in [0.25, 0.3) is 0 Å². The Hall–Kier alpha value is -1.23. The minimum Gasteiger partial charge on any atom is -0.115 e. The normalized spacial score (nSPS) is 10.6. The summed E-state index contributed by atoms with van der Waals surface area (Å²) in [6, 6.07) is 9.30. The Morgan fingerprint density at radius 1 is 0.750 bits per heavy atom. The third-order valence-corrected chi connectivity index (χ3v) is 9.70. The zero-order valence-electron chi connectivity index (χ0n) is 13.1. The quantitative estimate of drug-likeness (QED) is 0.559. The maximum atomic E-state index is 5.77. The Labute approximate surface area is 128 Å². The van der Waals surface area contributed by atoms with E-state index in [2.05, 4.69) is 51.7 Å². The van der Waals surface area contributed by atoms with E-state index in [4.69, 9.17) is 12.8 Å². The Balaban J connectivity index is 3.47. The molecular weight excluding hydrogens is 272 g/mol. The van der Waals surface area contributed by atoms with Gasteiger partial charge in [-0.1, -0.05) is 63.7 Å². The predicted octanol–water partition coefficient (Wildman–Crippen LogP) is 3.13. The van der Waals surface area contributed by atoms with Gasteiger partial charge in [0, 0.05) is 11.1 Å². The van der Waals surface area contributed by atoms with Gasteiger partial charge in [-0.05, 0) is 22.5 Å². The second-order valence-electron chi connectivity index (χ2n) is 4.85. The van der Waals surface area contributed by atoms with E-state index in [1.165, 1.54) is 34.5 Å². The molecule has 0 aliphatic carbocycles. The van der Waals surface area contributed by atoms with E-state index in [-0.39, 0.29) is 0 Å². The SMILES string of the molecule is C#Cc1cc([Si](CC)CC)c(C#C)cc1[Si](CC)CC. The van der Waals surface area contributed by atoms with Crippen molar-refractivity contribution < 1.29 is 0 Å². The number of hydrogen-bond donors (Lipinski definition) is 0. The Morgan fingerprint density at radius 2 is 1.05 bits per heavy atom. The Kier molecular flexibility index (Phi) is 6.86. The molecule has 0 unspecified atom stereocenters. The minimum atomic E-state index is -0.556. The molecule has 0 saturated heterocycles. The van der Waals surface area contributed by atoms with Crippen LogP contribution in [0, 0.1) is 24.7 Å². The van der Waals surface area contributed by atoms with Crippen LogP contribution in [0.1, 0.15) is 38.8 Å². The summed E-state index contributed by atoms with van der Waals surface area (Å²) in [6.07, 6.45) is 11.5. The Bertz CT molecular complexity index is 474. The molecule has 0 N–H and O–H groups in total. The molecule has 0 fully saturated rings. The van der Waals surface area contributed by atoms with Crippen LogP contribution in [0.3, 0.4) is 0 Å². The van der Waals surface area contributed by atoms with Gasteiger partial charge in [-0.15, -0.1) is 12.8 Å². The molecule has 0 spiro atoms. The number of benzene rings is 1. The lowest BCUT2D eigenvalue weighted by atomic mass is 10.1. The first kappa shape index (κ1) is 16.8. The van der Waals surface area contributed by atoms with Gasteiger partial charge in [0.15, 0.2) is 0 Å². The molecule has 0 amide bonds. The molecule has 1 aromatic rings. The van der Waals surface area contributed by atoms with Gasteiger partial charge in [0.05, 0.1) is 17.6 Å². The summed E-state index contributed by atoms with van der Waals surface area (Å²) in [5.74, 6) is 5.83. The fraction of sp³-hybridized carbons (Fsp3) is 0.444. The average molecular weight is 297 g/mol. The van der Waals surface area contributed by atoms with Crippen molar-refractivity contribution in [1.82, 2.24) is 0 Å². The van der Waals surface area contributed by atoms with Crippen molar-refractivity contribution in [3.8, 4) is 24.7 Å². The number of terminal acetylenes is 2. The van der Waals surface area contributed by atoms with E-state index in [0.717, 1.165) is 11.1 Å². The predicted molar refractivity (Wildman–Crippen MR) is 95.0 cm³/mol. The largest absolute Gasteiger partial charge is 0.115 e. The molecule has 104 valence electrons. The summed E-state index contributed by atoms with van der Waals surface area (Å²) in [6.45, 7) is 9.04. The Morgan fingerprint density at radius 3 is 1.25 bits per heavy atom. The van der Waals surface area contributed by atoms with Gasteiger partial charge in [0.2, 0.25) is 0 Å². The average Bonchev–Trinajstić information content (AvgIpc) is 2.50. The van der Waals surface area contributed by atoms with Gasteiger partial charge in [-0.3, -0.25) is 0 Å². The van der Waals surface area contributed by atoms with Crippen molar-refractivity contribution in [2.75, 3.05) is 0 Å². The zero-order chi connectivity index (χ0) is 15.1. The van der Waals surface area contributed by atoms with Gasteiger partial charge >= 0.3 is 0 Å². The molecule has 1 rings (SSSR count). The lowest BCUT2D eigenvalue weighted by Crippen LogP contribution is -2.38. The summed E-state index contributed by atoms with van der Waals surface area (Å²) in [4.78, 5) is 0. The molecule has 0 bridgehead atoms. The highest BCUT2D eigenvalue weighted by Gasteiger charge is 2.19. The molecule has 20 heavy (non-hydrogen) atoms. The molecule has 1 aromatic carbocycles. The maximum Gasteiger partial charge on any atom is 0.0868 e. The summed E-state index contributed by atoms with van der Waals surface area (Å²) in [5.41, 5.74) is 2.20. The van der Waals surface area contributed by atoms with Crippen molar-refractivity contribution in [1.29, 1.82) is 0 Å². The monoisotopic (exact) mass is 296 g/mol. The number of rotatable bonds is 6. The van der Waals surface area contributed by atoms with Gasteiger partial charge in [-0.25, -0.2) is 0 Å². The first-order chi connectivity index (χ1) is 9.66. The maximum absolute atomic E-state index is 5.77. The van der Waals surface area contributed by atoms with E-state index in [9.17, 15) is 0 Å². The summed E-state index contributed by atoms with van der Waals surface area (Å²) in [7, 11) is -1.11. The molecule has 0 saturated carbocycles. The van der Waals surface area contributed by atoms with E-state index in [1.54, 1.807) is 0 Å². The lowest BCUT2D eigenvalue weighted by Gasteiger charge is -2.19. The van der Waals surface area contributed by atoms with Gasteiger partial charge < -0.3 is 0 Å². The smallest absolute Gasteiger partial charge is 0.0868 e. The first-order valence-corrected chi connectivity index (χ1v) is 11.3. The molecule has 0 nitrogen and oxygen atoms in total. The van der Waals surface area contributed by atoms with Crippen molar-refractivity contribution in [3.05, 3.63) is 23.3 Å². The molecular formula is C18H24Si2. The van der Waals surface area contributed by atoms with Gasteiger partial charge in [-0.2, -0.15) is 0 Å². The second-order valence-corrected chi connectivity index (χ2v) is 11.2. The molecule has 0 heterocycles. The van der Waals surface area contributed by atoms with Crippen LogP contribution in [-0.2, 0) is 0 Å². The third kappa shape index (κ3) is 3.45. The summed E-state index contributed by atoms with van der Waals surface area (Å²) < 4.78 is 0. The van der Waals surface area contributed by atoms with Crippen molar-refractivity contribution in [2.24, 2.45) is 0 Å². The lowest BCUT2D eigenvalue weighted by molar-refractivity contribution is 1.32. The molecule has 0 aliphatic heterocycles. The molecule has 2 heteroatoms. The summed E-state index contributed by atoms with van der Waals surface area (Å²) in [5, 5.41) is 2.74. The van der Waals surface area contributed by atoms with Crippen LogP contribution < -0.4 is 10.4 Å². The highest BCUT2D eigenvalue weighted by Crippen LogP contribution is 2.09. The van der Waals surface area contributed by atoms with E-state index in [0.29, 0.717) is 0 Å². The standard InChI is InChI=1S/C18H24Si2/c1-7-15-13-18(20(11-5)12-6)16(8-2)14-17(15)19(9-3)10-4/h1-2,13-14H,9-12H2,3-6H3. The highest BCUT2D eigenvalue weighted by atomic mass is 28.3. The van der Waals surface area contributed by atoms with E-state index >= 15 is 0 Å². The summed E-state index contributed by atoms with van der Waals surface area (Å²) >= 11 is 0. The second kappa shape index (κ2) is 8.15. The van der Waals surface area contributed by atoms with Gasteiger partial charge in [0.1, 0.15) is 0 Å². The van der Waals surface area contributed by atoms with Crippen molar-refractivity contribution >= 4 is 28.0 Å². The molecule has 0 aliphatic rings. The van der Waals surface area contributed by atoms with Gasteiger partial charge in [0.25, 0.3) is 0 Å². The van der Waals surface area contributed by atoms with Crippen LogP contribution in [0.5, 0.6) is 0 Å². The fourth-order valence-electron chi connectivity index (χ4n) is 2.69. The first-order valence-electron chi connectivity index (χ1n) is 7.47. The van der Waals surface area contributed by atoms with E-state index < -0.39 is 17.6 Å². The molecule has 0 atom stereocenters. The van der Waals surface area contributed by atoms with Crippen molar-refractivity contribution in [3.63, 3.8) is 0 Å². The minimum absolute atomic E-state index is 0.556. The van der Waals surface area contributed by atoms with Crippen LogP contribution >= 0.6 is 0 Å². The third-order valence-electron chi connectivity index (χ3n) is 3.94. The van der Waals surface area contributed by atoms with Crippen LogP contribution in [0.2, 0.25) is 24.2 Å². The van der Waals surface area contributed by atoms with Crippen molar-refractivity contribution in [2.45, 2.75) is 51.9 Å². The van der Waals surface area contributed by atoms with Crippen LogP contribution in [0.15, 0.2) is 12.1 Å². The van der Waals surface area contributed by atoms with Crippen LogP contribution in [-0.4, -0.2) is 17.6 Å². The highest BCUT2D eigenvalue weighted by molar-refractivity contribution is 6.75. The molecule has 0 aromatic heterocycles. The van der Waals surface area contributed by atoms with E-state index in [1.807, 2.05) is 0 Å². The topological polar surface area (TPSA) is 0 Å². The fourth-order valence-corrected chi connectivity index (χ4v) is 6.96.